The number of thiazole rings is 1. The average Bonchev–Trinajstić information content (AvgIpc) is 3.19. The second kappa shape index (κ2) is 8.67. The normalized spacial score (nSPS) is 12.1. The van der Waals surface area contributed by atoms with Gasteiger partial charge in [-0.3, -0.25) is 0 Å². The fourth-order valence-corrected chi connectivity index (χ4v) is 5.81. The van der Waals surface area contributed by atoms with Gasteiger partial charge in [0.1, 0.15) is 5.01 Å². The van der Waals surface area contributed by atoms with Crippen LogP contribution in [0.15, 0.2) is 46.7 Å². The molecule has 0 fully saturated rings. The van der Waals surface area contributed by atoms with Crippen molar-refractivity contribution in [3.05, 3.63) is 64.0 Å². The van der Waals surface area contributed by atoms with Gasteiger partial charge in [0.25, 0.3) is 10.0 Å². The van der Waals surface area contributed by atoms with Crippen LogP contribution in [0, 0.1) is 13.8 Å². The number of rotatable bonds is 6. The van der Waals surface area contributed by atoms with Crippen LogP contribution in [-0.2, 0) is 15.4 Å². The lowest BCUT2D eigenvalue weighted by molar-refractivity contribution is 0.0695. The molecule has 0 atom stereocenters. The summed E-state index contributed by atoms with van der Waals surface area (Å²) in [6, 6.07) is 10.9. The van der Waals surface area contributed by atoms with E-state index in [-0.39, 0.29) is 22.4 Å². The Morgan fingerprint density at radius 3 is 2.28 bits per heavy atom. The minimum absolute atomic E-state index is 0.0162. The molecule has 3 aromatic rings. The first-order valence-corrected chi connectivity index (χ1v) is 12.6. The Kier molecular flexibility index (Phi) is 6.49. The number of sulfonamides is 1. The zero-order chi connectivity index (χ0) is 23.8. The van der Waals surface area contributed by atoms with Crippen molar-refractivity contribution in [3.8, 4) is 10.6 Å². The fraction of sp³-hybridized carbons (Fsp3) is 0.333. The Morgan fingerprint density at radius 2 is 1.75 bits per heavy atom. The topological polar surface area (TPSA) is 87.6 Å². The first-order chi connectivity index (χ1) is 14.9. The second-order valence-electron chi connectivity index (χ2n) is 8.73. The zero-order valence-electron chi connectivity index (χ0n) is 19.1. The number of hydrogen-bond acceptors (Lipinski definition) is 5. The van der Waals surface area contributed by atoms with Crippen LogP contribution in [0.1, 0.15) is 54.7 Å². The summed E-state index contributed by atoms with van der Waals surface area (Å²) < 4.78 is 28.0. The molecule has 0 saturated carbocycles. The van der Waals surface area contributed by atoms with Gasteiger partial charge in [0.05, 0.1) is 10.5 Å². The Balaban J connectivity index is 1.99. The van der Waals surface area contributed by atoms with Gasteiger partial charge >= 0.3 is 5.97 Å². The van der Waals surface area contributed by atoms with E-state index in [9.17, 15) is 18.3 Å². The van der Waals surface area contributed by atoms with Gasteiger partial charge in [-0.15, -0.1) is 11.3 Å². The van der Waals surface area contributed by atoms with E-state index >= 15 is 0 Å². The van der Waals surface area contributed by atoms with Gasteiger partial charge in [0.2, 0.25) is 0 Å². The lowest BCUT2D eigenvalue weighted by Crippen LogP contribution is -2.31. The third kappa shape index (κ3) is 4.56. The van der Waals surface area contributed by atoms with Crippen LogP contribution < -0.4 is 4.31 Å². The third-order valence-electron chi connectivity index (χ3n) is 5.49. The van der Waals surface area contributed by atoms with Crippen LogP contribution in [0.25, 0.3) is 10.6 Å². The Hall–Kier alpha value is -2.71. The molecule has 0 aliphatic carbocycles. The summed E-state index contributed by atoms with van der Waals surface area (Å²) in [4.78, 5) is 16.1. The van der Waals surface area contributed by atoms with Gasteiger partial charge in [-0.25, -0.2) is 22.5 Å². The standard InChI is InChI=1S/C24H28N2O4S2/c1-7-26(32(29,30)19-12-15(2)16(3)20(13-19)23(27)28)21-14-31-22(25-21)17-8-10-18(11-9-17)24(4,5)6/h8-14H,7H2,1-6H3,(H,27,28). The van der Waals surface area contributed by atoms with E-state index in [1.165, 1.54) is 33.3 Å². The molecule has 0 unspecified atom stereocenters. The van der Waals surface area contributed by atoms with Crippen molar-refractivity contribution in [1.82, 2.24) is 4.98 Å². The molecule has 2 aromatic carbocycles. The molecule has 170 valence electrons. The number of carboxylic acid groups (broad SMARTS) is 1. The molecule has 0 radical (unpaired) electrons. The van der Waals surface area contributed by atoms with Crippen molar-refractivity contribution >= 4 is 33.1 Å². The summed E-state index contributed by atoms with van der Waals surface area (Å²) in [7, 11) is -3.98. The number of nitrogens with zero attached hydrogens (tertiary/aromatic N) is 2. The molecule has 0 spiro atoms. The van der Waals surface area contributed by atoms with Crippen molar-refractivity contribution in [2.45, 2.75) is 51.9 Å². The molecule has 8 heteroatoms. The molecule has 32 heavy (non-hydrogen) atoms. The minimum Gasteiger partial charge on any atom is -0.478 e. The van der Waals surface area contributed by atoms with Crippen LogP contribution in [0.5, 0.6) is 0 Å². The number of carbonyl (C=O) groups is 1. The van der Waals surface area contributed by atoms with E-state index in [0.717, 1.165) is 10.6 Å². The molecule has 0 saturated heterocycles. The predicted molar refractivity (Wildman–Crippen MR) is 129 cm³/mol. The predicted octanol–water partition coefficient (Wildman–Crippen LogP) is 5.64. The van der Waals surface area contributed by atoms with E-state index in [2.05, 4.69) is 37.9 Å². The van der Waals surface area contributed by atoms with Crippen molar-refractivity contribution in [3.63, 3.8) is 0 Å². The number of anilines is 1. The molecule has 0 aliphatic rings. The largest absolute Gasteiger partial charge is 0.478 e. The molecule has 0 aliphatic heterocycles. The summed E-state index contributed by atoms with van der Waals surface area (Å²) in [6.45, 7) is 11.7. The van der Waals surface area contributed by atoms with Crippen molar-refractivity contribution in [2.75, 3.05) is 10.8 Å². The van der Waals surface area contributed by atoms with E-state index in [4.69, 9.17) is 0 Å². The summed E-state index contributed by atoms with van der Waals surface area (Å²) in [6.07, 6.45) is 0. The molecule has 0 bridgehead atoms. The van der Waals surface area contributed by atoms with E-state index < -0.39 is 16.0 Å². The van der Waals surface area contributed by atoms with Gasteiger partial charge in [-0.1, -0.05) is 45.0 Å². The molecule has 3 rings (SSSR count). The highest BCUT2D eigenvalue weighted by molar-refractivity contribution is 7.92. The Labute approximate surface area is 193 Å². The zero-order valence-corrected chi connectivity index (χ0v) is 20.8. The van der Waals surface area contributed by atoms with Crippen molar-refractivity contribution in [1.29, 1.82) is 0 Å². The number of aromatic nitrogens is 1. The van der Waals surface area contributed by atoms with Crippen LogP contribution >= 0.6 is 11.3 Å². The summed E-state index contributed by atoms with van der Waals surface area (Å²) in [5, 5.41) is 11.9. The van der Waals surface area contributed by atoms with Crippen LogP contribution in [0.3, 0.4) is 0 Å². The minimum atomic E-state index is -3.98. The summed E-state index contributed by atoms with van der Waals surface area (Å²) >= 11 is 1.37. The van der Waals surface area contributed by atoms with Gasteiger partial charge < -0.3 is 5.11 Å². The van der Waals surface area contributed by atoms with Gasteiger partial charge in [-0.05, 0) is 55.0 Å². The van der Waals surface area contributed by atoms with E-state index in [0.29, 0.717) is 16.9 Å². The maximum Gasteiger partial charge on any atom is 0.336 e. The van der Waals surface area contributed by atoms with Gasteiger partial charge in [0.15, 0.2) is 5.82 Å². The molecule has 1 aromatic heterocycles. The number of aryl methyl sites for hydroxylation is 1. The maximum absolute atomic E-state index is 13.4. The highest BCUT2D eigenvalue weighted by atomic mass is 32.2. The number of hydrogen-bond donors (Lipinski definition) is 1. The smallest absolute Gasteiger partial charge is 0.336 e. The van der Waals surface area contributed by atoms with Gasteiger partial charge in [0, 0.05) is 17.5 Å². The monoisotopic (exact) mass is 472 g/mol. The van der Waals surface area contributed by atoms with Crippen LogP contribution in [-0.4, -0.2) is 31.0 Å². The molecule has 1 heterocycles. The average molecular weight is 473 g/mol. The van der Waals surface area contributed by atoms with E-state index in [1.807, 2.05) is 12.1 Å². The maximum atomic E-state index is 13.4. The summed E-state index contributed by atoms with van der Waals surface area (Å²) in [5.74, 6) is -0.831. The SMILES string of the molecule is CCN(c1csc(-c2ccc(C(C)(C)C)cc2)n1)S(=O)(=O)c1cc(C)c(C)c(C(=O)O)c1. The number of aromatic carboxylic acids is 1. The van der Waals surface area contributed by atoms with Crippen molar-refractivity contribution < 1.29 is 18.3 Å². The van der Waals surface area contributed by atoms with E-state index in [1.54, 1.807) is 26.2 Å². The third-order valence-corrected chi connectivity index (χ3v) is 8.23. The molecule has 6 nitrogen and oxygen atoms in total. The van der Waals surface area contributed by atoms with Crippen LogP contribution in [0.4, 0.5) is 5.82 Å². The lowest BCUT2D eigenvalue weighted by Gasteiger charge is -2.21. The first-order valence-electron chi connectivity index (χ1n) is 10.3. The lowest BCUT2D eigenvalue weighted by atomic mass is 9.87. The van der Waals surface area contributed by atoms with Crippen LogP contribution in [0.2, 0.25) is 0 Å². The molecular weight excluding hydrogens is 444 g/mol. The van der Waals surface area contributed by atoms with Crippen molar-refractivity contribution in [2.24, 2.45) is 0 Å². The number of benzene rings is 2. The summed E-state index contributed by atoms with van der Waals surface area (Å²) in [5.41, 5.74) is 3.31. The quantitative estimate of drug-likeness (QED) is 0.502. The number of carboxylic acids is 1. The second-order valence-corrected chi connectivity index (χ2v) is 11.4. The highest BCUT2D eigenvalue weighted by Gasteiger charge is 2.28. The Morgan fingerprint density at radius 1 is 1.12 bits per heavy atom. The molecule has 1 N–H and O–H groups in total. The fourth-order valence-electron chi connectivity index (χ4n) is 3.40. The first kappa shape index (κ1) is 23.9. The van der Waals surface area contributed by atoms with Gasteiger partial charge in [-0.2, -0.15) is 0 Å². The molecule has 0 amide bonds. The highest BCUT2D eigenvalue weighted by Crippen LogP contribution is 2.33. The Bertz CT molecular complexity index is 1250. The molecular formula is C24H28N2O4S2.